The fraction of sp³-hybridized carbons (Fsp3) is 0.400. The predicted octanol–water partition coefficient (Wildman–Crippen LogP) is 1.51. The molecule has 0 spiro atoms. The topological polar surface area (TPSA) is 72.1 Å². The van der Waals surface area contributed by atoms with Gasteiger partial charge >= 0.3 is 0 Å². The van der Waals surface area contributed by atoms with E-state index in [1.54, 1.807) is 4.90 Å². The number of carbonyl (C=O) groups excluding carboxylic acids is 1. The standard InChI is InChI=1S/C10H9ClN4O2/c11-6-5-12-9-7(13-6)8(14-17-9)10(16)15-3-1-2-4-15/h5H,1-4H2. The Morgan fingerprint density at radius 1 is 1.41 bits per heavy atom. The van der Waals surface area contributed by atoms with Crippen LogP contribution in [0.25, 0.3) is 11.2 Å². The molecule has 1 aliphatic heterocycles. The molecule has 0 bridgehead atoms. The van der Waals surface area contributed by atoms with Gasteiger partial charge in [0.05, 0.1) is 6.20 Å². The van der Waals surface area contributed by atoms with E-state index >= 15 is 0 Å². The number of hydrogen-bond acceptors (Lipinski definition) is 5. The van der Waals surface area contributed by atoms with Crippen LogP contribution in [0.4, 0.5) is 0 Å². The zero-order chi connectivity index (χ0) is 11.8. The van der Waals surface area contributed by atoms with E-state index < -0.39 is 0 Å². The second-order valence-corrected chi connectivity index (χ2v) is 4.26. The molecule has 0 atom stereocenters. The quantitative estimate of drug-likeness (QED) is 0.769. The maximum absolute atomic E-state index is 12.1. The molecule has 88 valence electrons. The van der Waals surface area contributed by atoms with Crippen LogP contribution in [-0.2, 0) is 0 Å². The van der Waals surface area contributed by atoms with Crippen LogP contribution in [0.1, 0.15) is 23.3 Å². The molecule has 1 saturated heterocycles. The number of aromatic nitrogens is 3. The van der Waals surface area contributed by atoms with Crippen LogP contribution >= 0.6 is 11.6 Å². The molecule has 1 aliphatic rings. The molecule has 0 N–H and O–H groups in total. The van der Waals surface area contributed by atoms with Gasteiger partial charge in [-0.15, -0.1) is 0 Å². The summed E-state index contributed by atoms with van der Waals surface area (Å²) in [6, 6.07) is 0. The number of rotatable bonds is 1. The predicted molar refractivity (Wildman–Crippen MR) is 59.7 cm³/mol. The fourth-order valence-corrected chi connectivity index (χ4v) is 2.05. The molecule has 3 rings (SSSR count). The highest BCUT2D eigenvalue weighted by Crippen LogP contribution is 2.19. The summed E-state index contributed by atoms with van der Waals surface area (Å²) in [5.41, 5.74) is 0.753. The monoisotopic (exact) mass is 252 g/mol. The minimum atomic E-state index is -0.169. The number of likely N-dealkylation sites (tertiary alicyclic amines) is 1. The third kappa shape index (κ3) is 1.74. The number of fused-ring (bicyclic) bond motifs is 1. The number of hydrogen-bond donors (Lipinski definition) is 0. The summed E-state index contributed by atoms with van der Waals surface area (Å²) in [7, 11) is 0. The molecule has 6 nitrogen and oxygen atoms in total. The maximum atomic E-state index is 12.1. The molecule has 0 unspecified atom stereocenters. The lowest BCUT2D eigenvalue weighted by atomic mass is 10.3. The van der Waals surface area contributed by atoms with Crippen molar-refractivity contribution >= 4 is 28.7 Å². The molecule has 0 saturated carbocycles. The zero-order valence-electron chi connectivity index (χ0n) is 8.89. The highest BCUT2D eigenvalue weighted by molar-refractivity contribution is 6.29. The molecule has 3 heterocycles. The second-order valence-electron chi connectivity index (χ2n) is 3.88. The van der Waals surface area contributed by atoms with Crippen molar-refractivity contribution in [1.82, 2.24) is 20.0 Å². The lowest BCUT2D eigenvalue weighted by Gasteiger charge is -2.12. The van der Waals surface area contributed by atoms with Gasteiger partial charge in [-0.1, -0.05) is 16.8 Å². The van der Waals surface area contributed by atoms with Crippen LogP contribution in [-0.4, -0.2) is 39.0 Å². The average molecular weight is 253 g/mol. The van der Waals surface area contributed by atoms with E-state index in [4.69, 9.17) is 16.1 Å². The van der Waals surface area contributed by atoms with Crippen molar-refractivity contribution in [3.8, 4) is 0 Å². The lowest BCUT2D eigenvalue weighted by molar-refractivity contribution is 0.0784. The lowest BCUT2D eigenvalue weighted by Crippen LogP contribution is -2.28. The van der Waals surface area contributed by atoms with Crippen LogP contribution in [0.15, 0.2) is 10.7 Å². The van der Waals surface area contributed by atoms with E-state index in [0.717, 1.165) is 25.9 Å². The number of amides is 1. The largest absolute Gasteiger partial charge is 0.337 e. The molecule has 0 aromatic carbocycles. The molecule has 17 heavy (non-hydrogen) atoms. The van der Waals surface area contributed by atoms with Crippen molar-refractivity contribution in [2.75, 3.05) is 13.1 Å². The Morgan fingerprint density at radius 2 is 2.18 bits per heavy atom. The van der Waals surface area contributed by atoms with Gasteiger partial charge in [0.25, 0.3) is 11.6 Å². The first-order valence-electron chi connectivity index (χ1n) is 5.33. The van der Waals surface area contributed by atoms with Crippen LogP contribution in [0.2, 0.25) is 5.15 Å². The first-order chi connectivity index (χ1) is 8.25. The Bertz CT molecular complexity index is 577. The van der Waals surface area contributed by atoms with E-state index in [9.17, 15) is 4.79 Å². The third-order valence-electron chi connectivity index (χ3n) is 2.75. The summed E-state index contributed by atoms with van der Waals surface area (Å²) >= 11 is 5.74. The van der Waals surface area contributed by atoms with Gasteiger partial charge in [-0.2, -0.15) is 0 Å². The van der Waals surface area contributed by atoms with Gasteiger partial charge in [0.2, 0.25) is 0 Å². The normalized spacial score (nSPS) is 15.7. The van der Waals surface area contributed by atoms with Crippen molar-refractivity contribution < 1.29 is 9.32 Å². The van der Waals surface area contributed by atoms with E-state index in [-0.39, 0.29) is 22.5 Å². The highest BCUT2D eigenvalue weighted by Gasteiger charge is 2.25. The maximum Gasteiger partial charge on any atom is 0.278 e. The van der Waals surface area contributed by atoms with E-state index in [0.29, 0.717) is 5.52 Å². The summed E-state index contributed by atoms with van der Waals surface area (Å²) in [4.78, 5) is 21.8. The SMILES string of the molecule is O=C(c1noc2ncc(Cl)nc12)N1CCCC1. The summed E-state index contributed by atoms with van der Waals surface area (Å²) in [5, 5.41) is 3.95. The van der Waals surface area contributed by atoms with Crippen molar-refractivity contribution in [2.24, 2.45) is 0 Å². The smallest absolute Gasteiger partial charge is 0.278 e. The molecular weight excluding hydrogens is 244 g/mol. The Kier molecular flexibility index (Phi) is 2.44. The summed E-state index contributed by atoms with van der Waals surface area (Å²) in [5.74, 6) is -0.169. The molecular formula is C10H9ClN4O2. The van der Waals surface area contributed by atoms with Gasteiger partial charge in [0.1, 0.15) is 5.15 Å². The van der Waals surface area contributed by atoms with Crippen LogP contribution in [0.3, 0.4) is 0 Å². The number of halogens is 1. The van der Waals surface area contributed by atoms with Crippen LogP contribution < -0.4 is 0 Å². The van der Waals surface area contributed by atoms with Gasteiger partial charge < -0.3 is 9.42 Å². The second kappa shape index (κ2) is 3.96. The Hall–Kier alpha value is -1.69. The Balaban J connectivity index is 2.04. The molecule has 2 aromatic rings. The van der Waals surface area contributed by atoms with Crippen molar-refractivity contribution in [1.29, 1.82) is 0 Å². The molecule has 1 amide bonds. The van der Waals surface area contributed by atoms with Crippen LogP contribution in [0, 0.1) is 0 Å². The minimum Gasteiger partial charge on any atom is -0.337 e. The molecule has 0 aliphatic carbocycles. The van der Waals surface area contributed by atoms with Gasteiger partial charge in [-0.3, -0.25) is 4.79 Å². The van der Waals surface area contributed by atoms with Crippen molar-refractivity contribution in [2.45, 2.75) is 12.8 Å². The molecule has 1 fully saturated rings. The number of carbonyl (C=O) groups is 1. The van der Waals surface area contributed by atoms with E-state index in [1.807, 2.05) is 0 Å². The highest BCUT2D eigenvalue weighted by atomic mass is 35.5. The molecule has 2 aromatic heterocycles. The molecule has 7 heteroatoms. The fourth-order valence-electron chi connectivity index (χ4n) is 1.92. The van der Waals surface area contributed by atoms with Crippen molar-refractivity contribution in [3.63, 3.8) is 0 Å². The van der Waals surface area contributed by atoms with E-state index in [1.165, 1.54) is 6.20 Å². The Morgan fingerprint density at radius 3 is 2.94 bits per heavy atom. The minimum absolute atomic E-state index is 0.169. The van der Waals surface area contributed by atoms with Gasteiger partial charge in [0, 0.05) is 13.1 Å². The summed E-state index contributed by atoms with van der Waals surface area (Å²) in [6.45, 7) is 1.50. The zero-order valence-corrected chi connectivity index (χ0v) is 9.65. The van der Waals surface area contributed by atoms with Gasteiger partial charge in [-0.05, 0) is 12.8 Å². The van der Waals surface area contributed by atoms with E-state index in [2.05, 4.69) is 15.1 Å². The number of nitrogens with zero attached hydrogens (tertiary/aromatic N) is 4. The first-order valence-corrected chi connectivity index (χ1v) is 5.71. The average Bonchev–Trinajstić information content (AvgIpc) is 2.97. The third-order valence-corrected chi connectivity index (χ3v) is 2.94. The van der Waals surface area contributed by atoms with Gasteiger partial charge in [0.15, 0.2) is 11.2 Å². The van der Waals surface area contributed by atoms with Crippen LogP contribution in [0.5, 0.6) is 0 Å². The van der Waals surface area contributed by atoms with Gasteiger partial charge in [-0.25, -0.2) is 9.97 Å². The summed E-state index contributed by atoms with van der Waals surface area (Å²) in [6.07, 6.45) is 3.40. The summed E-state index contributed by atoms with van der Waals surface area (Å²) < 4.78 is 4.95. The van der Waals surface area contributed by atoms with Crippen molar-refractivity contribution in [3.05, 3.63) is 17.0 Å². The first kappa shape index (κ1) is 10.5. The Labute approximate surface area is 102 Å². The molecule has 0 radical (unpaired) electrons.